The topological polar surface area (TPSA) is 63.3 Å². The molecule has 4 rings (SSSR count). The van der Waals surface area contributed by atoms with E-state index in [4.69, 9.17) is 9.47 Å². The van der Waals surface area contributed by atoms with Crippen molar-refractivity contribution in [2.45, 2.75) is 26.1 Å². The molecule has 7 nitrogen and oxygen atoms in total. The molecule has 1 saturated heterocycles. The van der Waals surface area contributed by atoms with Gasteiger partial charge in [0.15, 0.2) is 11.5 Å². The predicted molar refractivity (Wildman–Crippen MR) is 111 cm³/mol. The van der Waals surface area contributed by atoms with Gasteiger partial charge in [-0.3, -0.25) is 14.6 Å². The lowest BCUT2D eigenvalue weighted by molar-refractivity contribution is -0.121. The van der Waals surface area contributed by atoms with Crippen LogP contribution < -0.4 is 19.5 Å². The number of carbonyl (C=O) groups excluding carboxylic acids is 1. The number of rotatable bonds is 7. The zero-order valence-corrected chi connectivity index (χ0v) is 17.2. The van der Waals surface area contributed by atoms with E-state index < -0.39 is 12.7 Å². The molecular formula is C22H25F2N3O4. The molecule has 1 fully saturated rings. The fourth-order valence-corrected chi connectivity index (χ4v) is 3.78. The van der Waals surface area contributed by atoms with Crippen molar-refractivity contribution in [3.63, 3.8) is 0 Å². The van der Waals surface area contributed by atoms with Crippen LogP contribution in [0.15, 0.2) is 42.5 Å². The summed E-state index contributed by atoms with van der Waals surface area (Å²) in [6.45, 7) is 3.02. The van der Waals surface area contributed by atoms with Crippen molar-refractivity contribution in [1.29, 1.82) is 0 Å². The summed E-state index contributed by atoms with van der Waals surface area (Å²) in [5.41, 5.74) is 1.39. The average Bonchev–Trinajstić information content (AvgIpc) is 3.23. The van der Waals surface area contributed by atoms with Crippen LogP contribution in [-0.2, 0) is 11.3 Å². The Labute approximate surface area is 179 Å². The van der Waals surface area contributed by atoms with Crippen molar-refractivity contribution in [1.82, 2.24) is 9.80 Å². The van der Waals surface area contributed by atoms with Crippen LogP contribution in [0.5, 0.6) is 17.2 Å². The SMILES string of the molecule is CC(C(=O)Nc1ccccc1OC(F)F)N1CCN(Cc2ccc3c(c2)OCO3)CC1. The van der Waals surface area contributed by atoms with Gasteiger partial charge in [0.1, 0.15) is 5.75 Å². The van der Waals surface area contributed by atoms with Crippen molar-refractivity contribution in [2.24, 2.45) is 0 Å². The van der Waals surface area contributed by atoms with Crippen molar-refractivity contribution >= 4 is 11.6 Å². The second-order valence-corrected chi connectivity index (χ2v) is 7.54. The molecule has 2 heterocycles. The minimum atomic E-state index is -2.95. The van der Waals surface area contributed by atoms with Crippen molar-refractivity contribution in [2.75, 3.05) is 38.3 Å². The van der Waals surface area contributed by atoms with E-state index in [2.05, 4.69) is 19.9 Å². The minimum absolute atomic E-state index is 0.0494. The lowest BCUT2D eigenvalue weighted by Crippen LogP contribution is -2.52. The smallest absolute Gasteiger partial charge is 0.387 e. The molecule has 2 aliphatic rings. The van der Waals surface area contributed by atoms with Gasteiger partial charge in [-0.2, -0.15) is 8.78 Å². The highest BCUT2D eigenvalue weighted by Crippen LogP contribution is 2.33. The number of hydrogen-bond acceptors (Lipinski definition) is 6. The monoisotopic (exact) mass is 433 g/mol. The van der Waals surface area contributed by atoms with E-state index >= 15 is 0 Å². The molecule has 1 atom stereocenters. The number of nitrogens with one attached hydrogen (secondary N) is 1. The number of hydrogen-bond donors (Lipinski definition) is 1. The normalized spacial score (nSPS) is 17.5. The molecule has 0 aliphatic carbocycles. The van der Waals surface area contributed by atoms with Gasteiger partial charge in [0, 0.05) is 32.7 Å². The molecule has 0 bridgehead atoms. The van der Waals surface area contributed by atoms with E-state index in [1.54, 1.807) is 18.2 Å². The van der Waals surface area contributed by atoms with Crippen LogP contribution in [0.4, 0.5) is 14.5 Å². The van der Waals surface area contributed by atoms with Crippen LogP contribution in [0.1, 0.15) is 12.5 Å². The van der Waals surface area contributed by atoms with Crippen LogP contribution in [-0.4, -0.2) is 61.3 Å². The number of ether oxygens (including phenoxy) is 3. The first kappa shape index (κ1) is 21.3. The highest BCUT2D eigenvalue weighted by molar-refractivity contribution is 5.95. The van der Waals surface area contributed by atoms with Gasteiger partial charge in [0.25, 0.3) is 0 Å². The molecule has 2 aromatic rings. The number of fused-ring (bicyclic) bond motifs is 1. The largest absolute Gasteiger partial charge is 0.454 e. The highest BCUT2D eigenvalue weighted by atomic mass is 19.3. The number of amides is 1. The number of para-hydroxylation sites is 2. The van der Waals surface area contributed by atoms with Gasteiger partial charge < -0.3 is 19.5 Å². The number of alkyl halides is 2. The van der Waals surface area contributed by atoms with E-state index in [9.17, 15) is 13.6 Å². The van der Waals surface area contributed by atoms with Crippen LogP contribution in [0.3, 0.4) is 0 Å². The van der Waals surface area contributed by atoms with Crippen molar-refractivity contribution in [3.05, 3.63) is 48.0 Å². The van der Waals surface area contributed by atoms with Gasteiger partial charge >= 0.3 is 6.61 Å². The molecule has 0 saturated carbocycles. The Kier molecular flexibility index (Phi) is 6.53. The van der Waals surface area contributed by atoms with Gasteiger partial charge in [0.2, 0.25) is 12.7 Å². The number of piperazine rings is 1. The first-order valence-electron chi connectivity index (χ1n) is 10.2. The number of halogens is 2. The molecule has 166 valence electrons. The average molecular weight is 433 g/mol. The molecule has 1 unspecified atom stereocenters. The second kappa shape index (κ2) is 9.49. The molecule has 2 aromatic carbocycles. The third-order valence-corrected chi connectivity index (χ3v) is 5.54. The van der Waals surface area contributed by atoms with Crippen molar-refractivity contribution < 1.29 is 27.8 Å². The zero-order valence-electron chi connectivity index (χ0n) is 17.2. The number of anilines is 1. The van der Waals surface area contributed by atoms with E-state index in [1.807, 2.05) is 25.1 Å². The summed E-state index contributed by atoms with van der Waals surface area (Å²) >= 11 is 0. The Morgan fingerprint density at radius 1 is 1.10 bits per heavy atom. The van der Waals surface area contributed by atoms with Crippen LogP contribution in [0, 0.1) is 0 Å². The summed E-state index contributed by atoms with van der Waals surface area (Å²) in [5, 5.41) is 2.71. The molecular weight excluding hydrogens is 408 g/mol. The van der Waals surface area contributed by atoms with Crippen LogP contribution in [0.2, 0.25) is 0 Å². The Morgan fingerprint density at radius 3 is 2.61 bits per heavy atom. The quantitative estimate of drug-likeness (QED) is 0.724. The zero-order chi connectivity index (χ0) is 21.8. The van der Waals surface area contributed by atoms with Crippen molar-refractivity contribution in [3.8, 4) is 17.2 Å². The molecule has 1 N–H and O–H groups in total. The first-order chi connectivity index (χ1) is 15.0. The van der Waals surface area contributed by atoms with E-state index in [0.717, 1.165) is 49.8 Å². The second-order valence-electron chi connectivity index (χ2n) is 7.54. The molecule has 9 heteroatoms. The summed E-state index contributed by atoms with van der Waals surface area (Å²) in [7, 11) is 0. The molecule has 0 spiro atoms. The van der Waals surface area contributed by atoms with Gasteiger partial charge in [-0.15, -0.1) is 0 Å². The maximum atomic E-state index is 12.7. The number of benzene rings is 2. The van der Waals surface area contributed by atoms with Gasteiger partial charge in [-0.05, 0) is 36.8 Å². The molecule has 0 aromatic heterocycles. The number of nitrogens with zero attached hydrogens (tertiary/aromatic N) is 2. The predicted octanol–water partition coefficient (Wildman–Crippen LogP) is 3.16. The third-order valence-electron chi connectivity index (χ3n) is 5.54. The summed E-state index contributed by atoms with van der Waals surface area (Å²) in [5.74, 6) is 1.24. The summed E-state index contributed by atoms with van der Waals surface area (Å²) < 4.78 is 40.4. The lowest BCUT2D eigenvalue weighted by atomic mass is 10.1. The summed E-state index contributed by atoms with van der Waals surface area (Å²) in [6.07, 6.45) is 0. The van der Waals surface area contributed by atoms with E-state index in [0.29, 0.717) is 0 Å². The van der Waals surface area contributed by atoms with E-state index in [1.165, 1.54) is 6.07 Å². The first-order valence-corrected chi connectivity index (χ1v) is 10.2. The highest BCUT2D eigenvalue weighted by Gasteiger charge is 2.26. The fourth-order valence-electron chi connectivity index (χ4n) is 3.78. The third kappa shape index (κ3) is 5.23. The Bertz CT molecular complexity index is 919. The summed E-state index contributed by atoms with van der Waals surface area (Å²) in [4.78, 5) is 17.1. The Morgan fingerprint density at radius 2 is 1.84 bits per heavy atom. The Balaban J connectivity index is 1.29. The van der Waals surface area contributed by atoms with E-state index in [-0.39, 0.29) is 24.1 Å². The molecule has 2 aliphatic heterocycles. The lowest BCUT2D eigenvalue weighted by Gasteiger charge is -2.37. The van der Waals surface area contributed by atoms with Gasteiger partial charge in [-0.25, -0.2) is 0 Å². The molecule has 1 amide bonds. The molecule has 0 radical (unpaired) electrons. The van der Waals surface area contributed by atoms with Gasteiger partial charge in [0.05, 0.1) is 11.7 Å². The summed E-state index contributed by atoms with van der Waals surface area (Å²) in [6, 6.07) is 11.8. The molecule has 31 heavy (non-hydrogen) atoms. The van der Waals surface area contributed by atoms with Crippen LogP contribution >= 0.6 is 0 Å². The fraction of sp³-hybridized carbons (Fsp3) is 0.409. The maximum Gasteiger partial charge on any atom is 0.387 e. The number of carbonyl (C=O) groups is 1. The Hall–Kier alpha value is -2.91. The van der Waals surface area contributed by atoms with Crippen LogP contribution in [0.25, 0.3) is 0 Å². The minimum Gasteiger partial charge on any atom is -0.454 e. The maximum absolute atomic E-state index is 12.7. The standard InChI is InChI=1S/C22H25F2N3O4/c1-15(21(28)25-17-4-2-3-5-18(17)31-22(23)24)27-10-8-26(9-11-27)13-16-6-7-19-20(12-16)30-14-29-19/h2-7,12,15,22H,8-11,13-14H2,1H3,(H,25,28). The van der Waals surface area contributed by atoms with Gasteiger partial charge in [-0.1, -0.05) is 18.2 Å².